The van der Waals surface area contributed by atoms with E-state index in [1.54, 1.807) is 0 Å². The Balaban J connectivity index is 2.03. The van der Waals surface area contributed by atoms with Crippen molar-refractivity contribution in [2.24, 2.45) is 5.92 Å². The maximum Gasteiger partial charge on any atom is 0.149 e. The third kappa shape index (κ3) is 2.67. The molecule has 0 aliphatic heterocycles. The Kier molecular flexibility index (Phi) is 3.92. The summed E-state index contributed by atoms with van der Waals surface area (Å²) in [6.45, 7) is 2.49. The largest absolute Gasteiger partial charge is 0.384 e. The third-order valence-corrected chi connectivity index (χ3v) is 3.22. The van der Waals surface area contributed by atoms with Crippen LogP contribution in [0, 0.1) is 5.92 Å². The highest BCUT2D eigenvalue weighted by molar-refractivity contribution is 6.10. The van der Waals surface area contributed by atoms with Crippen molar-refractivity contribution in [1.82, 2.24) is 5.32 Å². The van der Waals surface area contributed by atoms with Gasteiger partial charge >= 0.3 is 0 Å². The molecule has 1 aromatic rings. The van der Waals surface area contributed by atoms with Crippen LogP contribution in [0.25, 0.3) is 0 Å². The van der Waals surface area contributed by atoms with Gasteiger partial charge in [-0.2, -0.15) is 0 Å². The highest BCUT2D eigenvalue weighted by Gasteiger charge is 2.35. The van der Waals surface area contributed by atoms with Gasteiger partial charge in [-0.1, -0.05) is 36.4 Å². The SMILES string of the molecule is CC=C(NCc1ccccc1)C1C(=O)CCC1=O. The molecule has 0 spiro atoms. The van der Waals surface area contributed by atoms with Crippen LogP contribution in [0.3, 0.4) is 0 Å². The molecule has 3 nitrogen and oxygen atoms in total. The van der Waals surface area contributed by atoms with Crippen molar-refractivity contribution >= 4 is 11.6 Å². The van der Waals surface area contributed by atoms with E-state index in [2.05, 4.69) is 5.32 Å². The van der Waals surface area contributed by atoms with Crippen LogP contribution in [0.4, 0.5) is 0 Å². The number of carbonyl (C=O) groups excluding carboxylic acids is 2. The van der Waals surface area contributed by atoms with E-state index in [-0.39, 0.29) is 11.6 Å². The van der Waals surface area contributed by atoms with Crippen molar-refractivity contribution in [1.29, 1.82) is 0 Å². The molecule has 1 aliphatic rings. The molecule has 94 valence electrons. The van der Waals surface area contributed by atoms with E-state index in [9.17, 15) is 9.59 Å². The monoisotopic (exact) mass is 243 g/mol. The van der Waals surface area contributed by atoms with Crippen LogP contribution >= 0.6 is 0 Å². The molecule has 0 unspecified atom stereocenters. The van der Waals surface area contributed by atoms with Gasteiger partial charge in [-0.15, -0.1) is 0 Å². The van der Waals surface area contributed by atoms with Gasteiger partial charge in [0.25, 0.3) is 0 Å². The molecule has 0 heterocycles. The fourth-order valence-corrected chi connectivity index (χ4v) is 2.23. The Hall–Kier alpha value is -1.90. The van der Waals surface area contributed by atoms with Crippen LogP contribution < -0.4 is 5.32 Å². The van der Waals surface area contributed by atoms with E-state index in [4.69, 9.17) is 0 Å². The first-order valence-electron chi connectivity index (χ1n) is 6.22. The van der Waals surface area contributed by atoms with Gasteiger partial charge in [0.05, 0.1) is 0 Å². The predicted octanol–water partition coefficient (Wildman–Crippen LogP) is 2.23. The summed E-state index contributed by atoms with van der Waals surface area (Å²) < 4.78 is 0. The zero-order chi connectivity index (χ0) is 13.0. The molecule has 1 saturated carbocycles. The maximum atomic E-state index is 11.7. The molecule has 0 saturated heterocycles. The summed E-state index contributed by atoms with van der Waals surface area (Å²) in [6.07, 6.45) is 2.59. The number of Topliss-reactive ketones (excluding diaryl/α,β-unsaturated/α-hetero) is 2. The maximum absolute atomic E-state index is 11.7. The van der Waals surface area contributed by atoms with Gasteiger partial charge in [-0.05, 0) is 12.5 Å². The summed E-state index contributed by atoms with van der Waals surface area (Å²) >= 11 is 0. The Morgan fingerprint density at radius 3 is 2.39 bits per heavy atom. The Morgan fingerprint density at radius 2 is 1.83 bits per heavy atom. The molecule has 1 fully saturated rings. The van der Waals surface area contributed by atoms with Crippen LogP contribution in [-0.2, 0) is 16.1 Å². The lowest BCUT2D eigenvalue weighted by atomic mass is 10.0. The molecule has 1 N–H and O–H groups in total. The fourth-order valence-electron chi connectivity index (χ4n) is 2.23. The first-order valence-corrected chi connectivity index (χ1v) is 6.22. The molecule has 1 aliphatic carbocycles. The van der Waals surface area contributed by atoms with E-state index in [0.717, 1.165) is 11.3 Å². The summed E-state index contributed by atoms with van der Waals surface area (Å²) in [5.74, 6) is -0.485. The lowest BCUT2D eigenvalue weighted by molar-refractivity contribution is -0.125. The minimum absolute atomic E-state index is 0.0358. The van der Waals surface area contributed by atoms with E-state index >= 15 is 0 Å². The van der Waals surface area contributed by atoms with Crippen molar-refractivity contribution in [3.05, 3.63) is 47.7 Å². The van der Waals surface area contributed by atoms with Crippen molar-refractivity contribution in [2.75, 3.05) is 0 Å². The normalized spacial score (nSPS) is 17.3. The highest BCUT2D eigenvalue weighted by Crippen LogP contribution is 2.23. The topological polar surface area (TPSA) is 46.2 Å². The number of rotatable bonds is 4. The highest BCUT2D eigenvalue weighted by atomic mass is 16.2. The quantitative estimate of drug-likeness (QED) is 0.825. The number of nitrogens with one attached hydrogen (secondary N) is 1. The number of hydrogen-bond donors (Lipinski definition) is 1. The first kappa shape index (κ1) is 12.6. The summed E-state index contributed by atoms with van der Waals surface area (Å²) in [4.78, 5) is 23.4. The van der Waals surface area contributed by atoms with Crippen LogP contribution in [-0.4, -0.2) is 11.6 Å². The zero-order valence-corrected chi connectivity index (χ0v) is 10.5. The number of benzene rings is 1. The van der Waals surface area contributed by atoms with Gasteiger partial charge in [0, 0.05) is 25.1 Å². The van der Waals surface area contributed by atoms with Gasteiger partial charge in [-0.3, -0.25) is 9.59 Å². The van der Waals surface area contributed by atoms with E-state index in [1.807, 2.05) is 43.3 Å². The van der Waals surface area contributed by atoms with E-state index in [1.165, 1.54) is 0 Å². The molecule has 18 heavy (non-hydrogen) atoms. The molecular weight excluding hydrogens is 226 g/mol. The van der Waals surface area contributed by atoms with E-state index in [0.29, 0.717) is 19.4 Å². The van der Waals surface area contributed by atoms with Crippen molar-refractivity contribution in [3.63, 3.8) is 0 Å². The number of carbonyl (C=O) groups is 2. The van der Waals surface area contributed by atoms with Crippen LogP contribution in [0.2, 0.25) is 0 Å². The molecule has 2 rings (SSSR count). The first-order chi connectivity index (χ1) is 8.72. The Labute approximate surface area is 107 Å². The third-order valence-electron chi connectivity index (χ3n) is 3.22. The molecule has 0 radical (unpaired) electrons. The van der Waals surface area contributed by atoms with Gasteiger partial charge < -0.3 is 5.32 Å². The van der Waals surface area contributed by atoms with Gasteiger partial charge in [0.15, 0.2) is 0 Å². The molecule has 0 bridgehead atoms. The lowest BCUT2D eigenvalue weighted by Gasteiger charge is -2.15. The summed E-state index contributed by atoms with van der Waals surface area (Å²) in [6, 6.07) is 9.93. The second kappa shape index (κ2) is 5.63. The second-order valence-electron chi connectivity index (χ2n) is 4.45. The minimum atomic E-state index is -0.557. The second-order valence-corrected chi connectivity index (χ2v) is 4.45. The minimum Gasteiger partial charge on any atom is -0.384 e. The van der Waals surface area contributed by atoms with Gasteiger partial charge in [-0.25, -0.2) is 0 Å². The van der Waals surface area contributed by atoms with Crippen LogP contribution in [0.1, 0.15) is 25.3 Å². The van der Waals surface area contributed by atoms with Crippen molar-refractivity contribution in [2.45, 2.75) is 26.3 Å². The van der Waals surface area contributed by atoms with Gasteiger partial charge in [0.2, 0.25) is 0 Å². The van der Waals surface area contributed by atoms with Crippen LogP contribution in [0.5, 0.6) is 0 Å². The summed E-state index contributed by atoms with van der Waals surface area (Å²) in [7, 11) is 0. The molecule has 1 aromatic carbocycles. The Bertz CT molecular complexity index is 461. The Morgan fingerprint density at radius 1 is 1.22 bits per heavy atom. The molecular formula is C15H17NO2. The zero-order valence-electron chi connectivity index (χ0n) is 10.5. The van der Waals surface area contributed by atoms with E-state index < -0.39 is 5.92 Å². The summed E-state index contributed by atoms with van der Waals surface area (Å²) in [5, 5.41) is 3.21. The standard InChI is InChI=1S/C15H17NO2/c1-2-12(15-13(17)8-9-14(15)18)16-10-11-6-4-3-5-7-11/h2-7,15-16H,8-10H2,1H3. The van der Waals surface area contributed by atoms with Crippen molar-refractivity contribution < 1.29 is 9.59 Å². The summed E-state index contributed by atoms with van der Waals surface area (Å²) in [5.41, 5.74) is 1.88. The number of ketones is 2. The number of hydrogen-bond acceptors (Lipinski definition) is 3. The van der Waals surface area contributed by atoms with Gasteiger partial charge in [0.1, 0.15) is 17.5 Å². The smallest absolute Gasteiger partial charge is 0.149 e. The van der Waals surface area contributed by atoms with Crippen molar-refractivity contribution in [3.8, 4) is 0 Å². The molecule has 0 atom stereocenters. The molecule has 0 amide bonds. The number of allylic oxidation sites excluding steroid dienone is 2. The molecule has 3 heteroatoms. The molecule has 0 aromatic heterocycles. The van der Waals surface area contributed by atoms with Crippen LogP contribution in [0.15, 0.2) is 42.1 Å². The average Bonchev–Trinajstić information content (AvgIpc) is 2.73. The lowest BCUT2D eigenvalue weighted by Crippen LogP contribution is -2.26. The fraction of sp³-hybridized carbons (Fsp3) is 0.333. The predicted molar refractivity (Wildman–Crippen MR) is 69.8 cm³/mol. The average molecular weight is 243 g/mol.